The molecule has 0 aromatic carbocycles. The number of aromatic nitrogens is 1. The molecule has 1 aromatic heterocycles. The number of nitriles is 1. The molecule has 9 heavy (non-hydrogen) atoms. The predicted octanol–water partition coefficient (Wildman–Crippen LogP) is -2.69. The molecule has 0 fully saturated rings. The van der Waals surface area contributed by atoms with E-state index in [4.69, 9.17) is 5.26 Å². The lowest BCUT2D eigenvalue weighted by molar-refractivity contribution is -0.586. The van der Waals surface area contributed by atoms with Gasteiger partial charge in [-0.05, 0) is 12.1 Å². The van der Waals surface area contributed by atoms with Gasteiger partial charge in [-0.25, -0.2) is 0 Å². The van der Waals surface area contributed by atoms with E-state index in [0.29, 0.717) is 0 Å². The van der Waals surface area contributed by atoms with Crippen LogP contribution < -0.4 is 17.0 Å². The number of hydrogen-bond acceptors (Lipinski definition) is 1. The Bertz CT molecular complexity index is 202. The number of hydrogen-bond donors (Lipinski definition) is 0. The van der Waals surface area contributed by atoms with E-state index in [1.165, 1.54) is 4.57 Å². The molecule has 0 unspecified atom stereocenters. The molecule has 0 spiro atoms. The van der Waals surface area contributed by atoms with Crippen molar-refractivity contribution in [1.29, 1.82) is 5.26 Å². The summed E-state index contributed by atoms with van der Waals surface area (Å²) in [4.78, 5) is 0. The van der Waals surface area contributed by atoms with Crippen molar-refractivity contribution >= 4 is 0 Å². The van der Waals surface area contributed by atoms with E-state index >= 15 is 0 Å². The van der Waals surface area contributed by atoms with E-state index < -0.39 is 0 Å². The van der Waals surface area contributed by atoms with E-state index in [9.17, 15) is 0 Å². The molecule has 1 heterocycles. The summed E-state index contributed by atoms with van der Waals surface area (Å²) in [5, 5.41) is 8.25. The Hall–Kier alpha value is -1.07. The Balaban J connectivity index is 0.000000640. The molecule has 2 nitrogen and oxygen atoms in total. The van der Waals surface area contributed by atoms with Crippen LogP contribution in [0.1, 0.15) is 0 Å². The third-order valence-electron chi connectivity index (χ3n) is 0.831. The summed E-state index contributed by atoms with van der Waals surface area (Å²) < 4.78 is 1.43. The summed E-state index contributed by atoms with van der Waals surface area (Å²) in [6, 6.07) is 5.49. The highest BCUT2D eigenvalue weighted by atomic mass is 35.5. The summed E-state index contributed by atoms with van der Waals surface area (Å²) in [6.45, 7) is 0. The average Bonchev–Trinajstić information content (AvgIpc) is 1.90. The van der Waals surface area contributed by atoms with Crippen molar-refractivity contribution < 1.29 is 17.0 Å². The van der Waals surface area contributed by atoms with Crippen molar-refractivity contribution in [3.8, 4) is 6.19 Å². The molecule has 0 N–H and O–H groups in total. The quantitative estimate of drug-likeness (QED) is 0.361. The highest BCUT2D eigenvalue weighted by Gasteiger charge is 1.85. The van der Waals surface area contributed by atoms with Gasteiger partial charge in [0.1, 0.15) is 12.4 Å². The number of rotatable bonds is 0. The first kappa shape index (κ1) is 7.93. The Morgan fingerprint density at radius 1 is 1.11 bits per heavy atom. The molecule has 0 bridgehead atoms. The predicted molar refractivity (Wildman–Crippen MR) is 27.6 cm³/mol. The summed E-state index contributed by atoms with van der Waals surface area (Å²) in [6.07, 6.45) is 5.33. The van der Waals surface area contributed by atoms with Crippen LogP contribution in [0.15, 0.2) is 30.6 Å². The maximum atomic E-state index is 8.25. The average molecular weight is 141 g/mol. The topological polar surface area (TPSA) is 27.7 Å². The first-order chi connectivity index (χ1) is 3.93. The van der Waals surface area contributed by atoms with Gasteiger partial charge in [0.2, 0.25) is 0 Å². The van der Waals surface area contributed by atoms with Crippen molar-refractivity contribution in [2.75, 3.05) is 0 Å². The number of nitrogens with zero attached hydrogens (tertiary/aromatic N) is 2. The third kappa shape index (κ3) is 2.11. The van der Waals surface area contributed by atoms with Gasteiger partial charge in [-0.3, -0.25) is 0 Å². The molecule has 0 amide bonds. The van der Waals surface area contributed by atoms with Gasteiger partial charge in [-0.1, -0.05) is 6.07 Å². The molecule has 3 heteroatoms. The minimum absolute atomic E-state index is 0. The van der Waals surface area contributed by atoms with E-state index in [1.807, 2.05) is 24.4 Å². The van der Waals surface area contributed by atoms with E-state index in [0.717, 1.165) is 0 Å². The fourth-order valence-electron chi connectivity index (χ4n) is 0.465. The van der Waals surface area contributed by atoms with Crippen LogP contribution in [0, 0.1) is 11.5 Å². The monoisotopic (exact) mass is 140 g/mol. The van der Waals surface area contributed by atoms with Crippen LogP contribution in [0.2, 0.25) is 0 Å². The maximum Gasteiger partial charge on any atom is 0.463 e. The van der Waals surface area contributed by atoms with Gasteiger partial charge >= 0.3 is 6.19 Å². The molecule has 1 rings (SSSR count). The van der Waals surface area contributed by atoms with E-state index in [2.05, 4.69) is 0 Å². The molecular formula is C6H5ClN2. The second kappa shape index (κ2) is 3.88. The molecule has 0 radical (unpaired) electrons. The second-order valence-corrected chi connectivity index (χ2v) is 1.38. The lowest BCUT2D eigenvalue weighted by Gasteiger charge is -1.76. The fraction of sp³-hybridized carbons (Fsp3) is 0. The Kier molecular flexibility index (Phi) is 3.41. The molecule has 0 aliphatic carbocycles. The zero-order valence-corrected chi connectivity index (χ0v) is 5.42. The lowest BCUT2D eigenvalue weighted by Crippen LogP contribution is -3.00. The van der Waals surface area contributed by atoms with Crippen molar-refractivity contribution in [2.24, 2.45) is 0 Å². The third-order valence-corrected chi connectivity index (χ3v) is 0.831. The van der Waals surface area contributed by atoms with Gasteiger partial charge in [-0.2, -0.15) is 0 Å². The fourth-order valence-corrected chi connectivity index (χ4v) is 0.465. The van der Waals surface area contributed by atoms with Crippen molar-refractivity contribution in [1.82, 2.24) is 0 Å². The highest BCUT2D eigenvalue weighted by molar-refractivity contribution is 4.84. The van der Waals surface area contributed by atoms with Crippen LogP contribution in [-0.4, -0.2) is 0 Å². The Labute approximate surface area is 59.8 Å². The molecule has 46 valence electrons. The van der Waals surface area contributed by atoms with Gasteiger partial charge in [0, 0.05) is 0 Å². The minimum Gasteiger partial charge on any atom is -1.00 e. The van der Waals surface area contributed by atoms with Crippen LogP contribution in [0.5, 0.6) is 0 Å². The summed E-state index contributed by atoms with van der Waals surface area (Å²) in [7, 11) is 0. The number of halogens is 1. The maximum absolute atomic E-state index is 8.25. The largest absolute Gasteiger partial charge is 1.00 e. The molecule has 1 aromatic rings. The summed E-state index contributed by atoms with van der Waals surface area (Å²) >= 11 is 0. The van der Waals surface area contributed by atoms with Gasteiger partial charge in [0.15, 0.2) is 5.26 Å². The molecule has 0 atom stereocenters. The molecular weight excluding hydrogens is 136 g/mol. The SMILES string of the molecule is N#C[n+]1ccccc1.[Cl-]. The highest BCUT2D eigenvalue weighted by Crippen LogP contribution is 1.72. The van der Waals surface area contributed by atoms with Gasteiger partial charge < -0.3 is 12.4 Å². The van der Waals surface area contributed by atoms with E-state index in [1.54, 1.807) is 12.4 Å². The molecule has 0 aliphatic rings. The van der Waals surface area contributed by atoms with Crippen LogP contribution in [0.4, 0.5) is 0 Å². The first-order valence-electron chi connectivity index (χ1n) is 2.30. The standard InChI is InChI=1S/C6H5N2.ClH/c7-6-8-4-2-1-3-5-8;/h1-5H;1H/q+1;/p-1. The lowest BCUT2D eigenvalue weighted by atomic mass is 10.5. The van der Waals surface area contributed by atoms with E-state index in [-0.39, 0.29) is 12.4 Å². The van der Waals surface area contributed by atoms with Crippen LogP contribution in [-0.2, 0) is 0 Å². The van der Waals surface area contributed by atoms with Gasteiger partial charge in [-0.15, -0.1) is 4.57 Å². The minimum atomic E-state index is 0. The van der Waals surface area contributed by atoms with Crippen LogP contribution >= 0.6 is 0 Å². The Morgan fingerprint density at radius 2 is 1.67 bits per heavy atom. The van der Waals surface area contributed by atoms with Crippen LogP contribution in [0.25, 0.3) is 0 Å². The normalized spacial score (nSPS) is 7.00. The number of pyridine rings is 1. The summed E-state index contributed by atoms with van der Waals surface area (Å²) in [5.74, 6) is 0. The summed E-state index contributed by atoms with van der Waals surface area (Å²) in [5.41, 5.74) is 0. The van der Waals surface area contributed by atoms with Crippen molar-refractivity contribution in [3.05, 3.63) is 30.6 Å². The second-order valence-electron chi connectivity index (χ2n) is 1.38. The first-order valence-corrected chi connectivity index (χ1v) is 2.30. The van der Waals surface area contributed by atoms with Crippen LogP contribution in [0.3, 0.4) is 0 Å². The van der Waals surface area contributed by atoms with Crippen molar-refractivity contribution in [2.45, 2.75) is 0 Å². The van der Waals surface area contributed by atoms with Crippen molar-refractivity contribution in [3.63, 3.8) is 0 Å². The Morgan fingerprint density at radius 3 is 2.00 bits per heavy atom. The molecule has 0 saturated heterocycles. The smallest absolute Gasteiger partial charge is 0.463 e. The molecule has 0 aliphatic heterocycles. The van der Waals surface area contributed by atoms with Gasteiger partial charge in [0.25, 0.3) is 0 Å². The van der Waals surface area contributed by atoms with Gasteiger partial charge in [0.05, 0.1) is 0 Å². The molecule has 0 saturated carbocycles. The zero-order chi connectivity index (χ0) is 5.82. The zero-order valence-electron chi connectivity index (χ0n) is 4.66.